The maximum atomic E-state index is 12.8. The maximum Gasteiger partial charge on any atom is 0.323 e. The van der Waals surface area contributed by atoms with Crippen LogP contribution < -0.4 is 0 Å². The van der Waals surface area contributed by atoms with Gasteiger partial charge in [-0.1, -0.05) is 18.2 Å². The van der Waals surface area contributed by atoms with Crippen molar-refractivity contribution in [3.8, 4) is 5.69 Å². The quantitative estimate of drug-likeness (QED) is 0.765. The van der Waals surface area contributed by atoms with Crippen LogP contribution in [0.2, 0.25) is 0 Å². The Morgan fingerprint density at radius 1 is 1.15 bits per heavy atom. The van der Waals surface area contributed by atoms with E-state index < -0.39 is 5.97 Å². The summed E-state index contributed by atoms with van der Waals surface area (Å²) < 4.78 is 2.03. The Morgan fingerprint density at radius 3 is 2.46 bits per heavy atom. The van der Waals surface area contributed by atoms with Gasteiger partial charge in [-0.3, -0.25) is 14.2 Å². The molecule has 3 rings (SSSR count). The van der Waals surface area contributed by atoms with Crippen molar-refractivity contribution in [2.75, 3.05) is 6.54 Å². The van der Waals surface area contributed by atoms with Crippen molar-refractivity contribution in [1.82, 2.24) is 14.5 Å². The summed E-state index contributed by atoms with van der Waals surface area (Å²) in [5.41, 5.74) is 3.04. The molecule has 1 heterocycles. The molecule has 1 aromatic heterocycles. The second kappa shape index (κ2) is 7.00. The van der Waals surface area contributed by atoms with Gasteiger partial charge in [0, 0.05) is 17.3 Å². The molecule has 6 nitrogen and oxygen atoms in total. The number of hydrogen-bond acceptors (Lipinski definition) is 3. The number of carbonyl (C=O) groups excluding carboxylic acids is 1. The van der Waals surface area contributed by atoms with Gasteiger partial charge in [-0.2, -0.15) is 0 Å². The van der Waals surface area contributed by atoms with Crippen LogP contribution in [0.5, 0.6) is 0 Å². The number of carbonyl (C=O) groups is 2. The SMILES string of the molecule is Cc1nc2cc(C(=O)N(CC(=O)O)C(C)C)ccc2n1-c1ccccc1. The van der Waals surface area contributed by atoms with E-state index in [1.54, 1.807) is 26.0 Å². The molecular weight excluding hydrogens is 330 g/mol. The number of aliphatic carboxylic acids is 1. The number of rotatable bonds is 5. The molecule has 0 saturated heterocycles. The second-order valence-electron chi connectivity index (χ2n) is 6.45. The summed E-state index contributed by atoms with van der Waals surface area (Å²) in [6.07, 6.45) is 0. The molecule has 0 atom stereocenters. The minimum atomic E-state index is -1.03. The predicted octanol–water partition coefficient (Wildman–Crippen LogP) is 3.27. The third kappa shape index (κ3) is 3.31. The van der Waals surface area contributed by atoms with Crippen molar-refractivity contribution in [3.05, 3.63) is 59.9 Å². The summed E-state index contributed by atoms with van der Waals surface area (Å²) in [6, 6.07) is 15.0. The normalized spacial score (nSPS) is 11.1. The molecule has 6 heteroatoms. The fraction of sp³-hybridized carbons (Fsp3) is 0.250. The zero-order valence-electron chi connectivity index (χ0n) is 15.0. The van der Waals surface area contributed by atoms with Gasteiger partial charge in [0.15, 0.2) is 0 Å². The Kier molecular flexibility index (Phi) is 4.75. The molecule has 0 saturated carbocycles. The van der Waals surface area contributed by atoms with Gasteiger partial charge in [0.05, 0.1) is 11.0 Å². The summed E-state index contributed by atoms with van der Waals surface area (Å²) in [4.78, 5) is 29.7. The summed E-state index contributed by atoms with van der Waals surface area (Å²) in [5, 5.41) is 9.06. The Bertz CT molecular complexity index is 961. The number of imidazole rings is 1. The highest BCUT2D eigenvalue weighted by atomic mass is 16.4. The minimum absolute atomic E-state index is 0.210. The van der Waals surface area contributed by atoms with Crippen LogP contribution in [-0.4, -0.2) is 44.0 Å². The van der Waals surface area contributed by atoms with Crippen LogP contribution in [0, 0.1) is 6.92 Å². The molecule has 2 aromatic carbocycles. The molecular formula is C20H21N3O3. The van der Waals surface area contributed by atoms with Crippen molar-refractivity contribution >= 4 is 22.9 Å². The number of carboxylic acids is 1. The van der Waals surface area contributed by atoms with Crippen LogP contribution in [-0.2, 0) is 4.79 Å². The van der Waals surface area contributed by atoms with E-state index in [1.807, 2.05) is 47.9 Å². The Hall–Kier alpha value is -3.15. The molecule has 0 aliphatic rings. The molecule has 0 spiro atoms. The number of hydrogen-bond donors (Lipinski definition) is 1. The lowest BCUT2D eigenvalue weighted by Gasteiger charge is -2.24. The lowest BCUT2D eigenvalue weighted by atomic mass is 10.1. The van der Waals surface area contributed by atoms with Crippen molar-refractivity contribution in [1.29, 1.82) is 0 Å². The second-order valence-corrected chi connectivity index (χ2v) is 6.45. The largest absolute Gasteiger partial charge is 0.480 e. The van der Waals surface area contributed by atoms with E-state index in [-0.39, 0.29) is 18.5 Å². The van der Waals surface area contributed by atoms with Crippen molar-refractivity contribution in [2.45, 2.75) is 26.8 Å². The van der Waals surface area contributed by atoms with Crippen LogP contribution in [0.4, 0.5) is 0 Å². The van der Waals surface area contributed by atoms with Crippen molar-refractivity contribution in [2.24, 2.45) is 0 Å². The van der Waals surface area contributed by atoms with Gasteiger partial charge in [0.1, 0.15) is 12.4 Å². The molecule has 26 heavy (non-hydrogen) atoms. The average molecular weight is 351 g/mol. The highest BCUT2D eigenvalue weighted by Crippen LogP contribution is 2.23. The topological polar surface area (TPSA) is 75.4 Å². The molecule has 0 aliphatic heterocycles. The Morgan fingerprint density at radius 2 is 1.85 bits per heavy atom. The van der Waals surface area contributed by atoms with Gasteiger partial charge in [0.25, 0.3) is 5.91 Å². The van der Waals surface area contributed by atoms with Gasteiger partial charge >= 0.3 is 5.97 Å². The highest BCUT2D eigenvalue weighted by Gasteiger charge is 2.22. The van der Waals surface area contributed by atoms with Gasteiger partial charge in [-0.25, -0.2) is 4.98 Å². The molecule has 0 unspecified atom stereocenters. The minimum Gasteiger partial charge on any atom is -0.480 e. The lowest BCUT2D eigenvalue weighted by molar-refractivity contribution is -0.138. The number of benzene rings is 2. The summed E-state index contributed by atoms with van der Waals surface area (Å²) in [6.45, 7) is 5.19. The molecule has 1 amide bonds. The molecule has 134 valence electrons. The summed E-state index contributed by atoms with van der Waals surface area (Å²) >= 11 is 0. The monoisotopic (exact) mass is 351 g/mol. The van der Waals surface area contributed by atoms with Crippen LogP contribution in [0.3, 0.4) is 0 Å². The van der Waals surface area contributed by atoms with Gasteiger partial charge < -0.3 is 10.0 Å². The number of nitrogens with zero attached hydrogens (tertiary/aromatic N) is 3. The number of aromatic nitrogens is 2. The van der Waals surface area contributed by atoms with Gasteiger partial charge in [0.2, 0.25) is 0 Å². The average Bonchev–Trinajstić information content (AvgIpc) is 2.94. The molecule has 1 N–H and O–H groups in total. The molecule has 0 bridgehead atoms. The summed E-state index contributed by atoms with van der Waals surface area (Å²) in [5.74, 6) is -0.518. The third-order valence-corrected chi connectivity index (χ3v) is 4.27. The highest BCUT2D eigenvalue weighted by molar-refractivity contribution is 5.99. The smallest absolute Gasteiger partial charge is 0.323 e. The first kappa shape index (κ1) is 17.7. The fourth-order valence-corrected chi connectivity index (χ4v) is 3.04. The van der Waals surface area contributed by atoms with E-state index in [9.17, 15) is 9.59 Å². The number of carboxylic acid groups (broad SMARTS) is 1. The first-order chi connectivity index (χ1) is 12.4. The summed E-state index contributed by atoms with van der Waals surface area (Å²) in [7, 11) is 0. The van der Waals surface area contributed by atoms with E-state index >= 15 is 0 Å². The number of aryl methyl sites for hydroxylation is 1. The molecule has 0 aliphatic carbocycles. The van der Waals surface area contributed by atoms with E-state index in [1.165, 1.54) is 4.90 Å². The number of amides is 1. The third-order valence-electron chi connectivity index (χ3n) is 4.27. The predicted molar refractivity (Wildman–Crippen MR) is 99.6 cm³/mol. The fourth-order valence-electron chi connectivity index (χ4n) is 3.04. The van der Waals surface area contributed by atoms with Gasteiger partial charge in [-0.15, -0.1) is 0 Å². The molecule has 0 radical (unpaired) electrons. The van der Waals surface area contributed by atoms with Gasteiger partial charge in [-0.05, 0) is 51.1 Å². The Labute approximate surface area is 151 Å². The van der Waals surface area contributed by atoms with E-state index in [0.717, 1.165) is 17.0 Å². The molecule has 0 fully saturated rings. The maximum absolute atomic E-state index is 12.8. The van der Waals surface area contributed by atoms with E-state index in [0.29, 0.717) is 11.1 Å². The number of para-hydroxylation sites is 1. The molecule has 3 aromatic rings. The van der Waals surface area contributed by atoms with Crippen LogP contribution in [0.25, 0.3) is 16.7 Å². The van der Waals surface area contributed by atoms with Crippen LogP contribution in [0.1, 0.15) is 30.0 Å². The van der Waals surface area contributed by atoms with Crippen molar-refractivity contribution < 1.29 is 14.7 Å². The first-order valence-corrected chi connectivity index (χ1v) is 8.45. The van der Waals surface area contributed by atoms with Crippen LogP contribution >= 0.6 is 0 Å². The van der Waals surface area contributed by atoms with E-state index in [4.69, 9.17) is 5.11 Å². The lowest BCUT2D eigenvalue weighted by Crippen LogP contribution is -2.40. The zero-order valence-corrected chi connectivity index (χ0v) is 15.0. The standard InChI is InChI=1S/C20H21N3O3/c1-13(2)22(12-19(24)25)20(26)15-9-10-18-17(11-15)21-14(3)23(18)16-7-5-4-6-8-16/h4-11,13H,12H2,1-3H3,(H,24,25). The number of fused-ring (bicyclic) bond motifs is 1. The Balaban J connectivity index is 2.03. The van der Waals surface area contributed by atoms with Crippen LogP contribution in [0.15, 0.2) is 48.5 Å². The zero-order chi connectivity index (χ0) is 18.8. The van der Waals surface area contributed by atoms with E-state index in [2.05, 4.69) is 4.98 Å². The van der Waals surface area contributed by atoms with Crippen molar-refractivity contribution in [3.63, 3.8) is 0 Å². The first-order valence-electron chi connectivity index (χ1n) is 8.45.